The number of carbonyl (C=O) groups is 2. The molecule has 4 rings (SSSR count). The first kappa shape index (κ1) is 21.0. The lowest BCUT2D eigenvalue weighted by Crippen LogP contribution is -2.21. The number of nitrogens with one attached hydrogen (secondary N) is 1. The summed E-state index contributed by atoms with van der Waals surface area (Å²) in [4.78, 5) is 41.3. The normalized spacial score (nSPS) is 10.8. The standard InChI is InChI=1S/C23H21N5O4/c1-3-32-22(30)18-10-11-19(24-15(18)2)21(29)25-17-8-6-7-16(13-17)14-28-23(31)27-12-5-4-9-20(27)26-28/h4-13H,3,14H2,1-2H3,(H,25,29). The van der Waals surface area contributed by atoms with E-state index in [0.717, 1.165) is 5.56 Å². The van der Waals surface area contributed by atoms with E-state index in [1.807, 2.05) is 12.1 Å². The second-order valence-corrected chi connectivity index (χ2v) is 7.07. The number of aryl methyl sites for hydroxylation is 1. The van der Waals surface area contributed by atoms with Gasteiger partial charge >= 0.3 is 11.7 Å². The molecule has 9 nitrogen and oxygen atoms in total. The molecular weight excluding hydrogens is 410 g/mol. The molecule has 1 aromatic carbocycles. The largest absolute Gasteiger partial charge is 0.462 e. The lowest BCUT2D eigenvalue weighted by atomic mass is 10.1. The van der Waals surface area contributed by atoms with Crippen LogP contribution < -0.4 is 11.0 Å². The fourth-order valence-corrected chi connectivity index (χ4v) is 3.30. The average molecular weight is 431 g/mol. The predicted octanol–water partition coefficient (Wildman–Crippen LogP) is 2.68. The number of anilines is 1. The molecular formula is C23H21N5O4. The molecule has 0 unspecified atom stereocenters. The van der Waals surface area contributed by atoms with Crippen molar-refractivity contribution in [1.29, 1.82) is 0 Å². The second-order valence-electron chi connectivity index (χ2n) is 7.07. The van der Waals surface area contributed by atoms with Crippen LogP contribution in [0.1, 0.15) is 39.0 Å². The summed E-state index contributed by atoms with van der Waals surface area (Å²) in [6, 6.07) is 15.5. The van der Waals surface area contributed by atoms with Crippen molar-refractivity contribution in [2.45, 2.75) is 20.4 Å². The quantitative estimate of drug-likeness (QED) is 0.470. The Hall–Kier alpha value is -4.27. The van der Waals surface area contributed by atoms with Gasteiger partial charge in [0.1, 0.15) is 5.69 Å². The Labute approximate surface area is 183 Å². The van der Waals surface area contributed by atoms with E-state index in [0.29, 0.717) is 22.6 Å². The molecule has 9 heteroatoms. The summed E-state index contributed by atoms with van der Waals surface area (Å²) in [7, 11) is 0. The third kappa shape index (κ3) is 4.27. The van der Waals surface area contributed by atoms with Crippen molar-refractivity contribution in [3.63, 3.8) is 0 Å². The van der Waals surface area contributed by atoms with Crippen molar-refractivity contribution in [2.24, 2.45) is 0 Å². The van der Waals surface area contributed by atoms with Gasteiger partial charge in [0.05, 0.1) is 24.4 Å². The maximum absolute atomic E-state index is 12.7. The fraction of sp³-hybridized carbons (Fsp3) is 0.174. The van der Waals surface area contributed by atoms with Crippen molar-refractivity contribution >= 4 is 23.2 Å². The molecule has 0 bridgehead atoms. The smallest absolute Gasteiger partial charge is 0.350 e. The zero-order valence-electron chi connectivity index (χ0n) is 17.6. The number of aromatic nitrogens is 4. The van der Waals surface area contributed by atoms with E-state index in [2.05, 4.69) is 15.4 Å². The first-order chi connectivity index (χ1) is 15.5. The lowest BCUT2D eigenvalue weighted by Gasteiger charge is -2.09. The molecule has 0 radical (unpaired) electrons. The van der Waals surface area contributed by atoms with E-state index in [4.69, 9.17) is 4.74 Å². The van der Waals surface area contributed by atoms with Gasteiger partial charge < -0.3 is 10.1 Å². The Morgan fingerprint density at radius 1 is 1.09 bits per heavy atom. The number of pyridine rings is 2. The summed E-state index contributed by atoms with van der Waals surface area (Å²) in [5.74, 6) is -0.884. The molecule has 0 aliphatic heterocycles. The van der Waals surface area contributed by atoms with E-state index in [1.165, 1.54) is 21.2 Å². The number of fused-ring (bicyclic) bond motifs is 1. The average Bonchev–Trinajstić information content (AvgIpc) is 3.09. The van der Waals surface area contributed by atoms with Gasteiger partial charge in [-0.05, 0) is 55.8 Å². The van der Waals surface area contributed by atoms with Gasteiger partial charge in [0.2, 0.25) is 0 Å². The molecule has 0 saturated heterocycles. The van der Waals surface area contributed by atoms with Gasteiger partial charge in [-0.25, -0.2) is 19.3 Å². The van der Waals surface area contributed by atoms with Crippen LogP contribution in [0.15, 0.2) is 65.6 Å². The van der Waals surface area contributed by atoms with Gasteiger partial charge in [0.25, 0.3) is 5.91 Å². The van der Waals surface area contributed by atoms with Crippen LogP contribution in [0.4, 0.5) is 5.69 Å². The maximum Gasteiger partial charge on any atom is 0.350 e. The topological polar surface area (TPSA) is 108 Å². The van der Waals surface area contributed by atoms with Crippen molar-refractivity contribution < 1.29 is 14.3 Å². The Balaban J connectivity index is 1.50. The molecule has 1 N–H and O–H groups in total. The first-order valence-corrected chi connectivity index (χ1v) is 10.1. The highest BCUT2D eigenvalue weighted by molar-refractivity contribution is 6.03. The molecule has 0 aliphatic rings. The number of ether oxygens (including phenoxy) is 1. The third-order valence-corrected chi connectivity index (χ3v) is 4.82. The van der Waals surface area contributed by atoms with Crippen LogP contribution in [0.3, 0.4) is 0 Å². The van der Waals surface area contributed by atoms with Gasteiger partial charge in [-0.15, -0.1) is 5.10 Å². The van der Waals surface area contributed by atoms with Gasteiger partial charge in [-0.1, -0.05) is 18.2 Å². The lowest BCUT2D eigenvalue weighted by molar-refractivity contribution is 0.0524. The molecule has 1 amide bonds. The van der Waals surface area contributed by atoms with Crippen LogP contribution >= 0.6 is 0 Å². The summed E-state index contributed by atoms with van der Waals surface area (Å²) in [6.07, 6.45) is 1.67. The van der Waals surface area contributed by atoms with Crippen LogP contribution in [-0.2, 0) is 11.3 Å². The van der Waals surface area contributed by atoms with Gasteiger partial charge in [0.15, 0.2) is 5.65 Å². The SMILES string of the molecule is CCOC(=O)c1ccc(C(=O)Nc2cccc(Cn3nc4ccccn4c3=O)c2)nc1C. The number of nitrogens with zero attached hydrogens (tertiary/aromatic N) is 4. The fourth-order valence-electron chi connectivity index (χ4n) is 3.30. The first-order valence-electron chi connectivity index (χ1n) is 10.1. The van der Waals surface area contributed by atoms with E-state index in [1.54, 1.807) is 50.4 Å². The minimum Gasteiger partial charge on any atom is -0.462 e. The van der Waals surface area contributed by atoms with E-state index in [9.17, 15) is 14.4 Å². The molecule has 4 aromatic rings. The van der Waals surface area contributed by atoms with Crippen LogP contribution in [-0.4, -0.2) is 37.6 Å². The minimum atomic E-state index is -0.473. The predicted molar refractivity (Wildman–Crippen MR) is 118 cm³/mol. The van der Waals surface area contributed by atoms with Gasteiger partial charge in [-0.3, -0.25) is 9.20 Å². The summed E-state index contributed by atoms with van der Waals surface area (Å²) in [6.45, 7) is 3.89. The number of hydrogen-bond donors (Lipinski definition) is 1. The second kappa shape index (κ2) is 8.84. The molecule has 3 heterocycles. The van der Waals surface area contributed by atoms with Gasteiger partial charge in [-0.2, -0.15) is 0 Å². The number of carbonyl (C=O) groups excluding carboxylic acids is 2. The number of amides is 1. The van der Waals surface area contributed by atoms with Crippen molar-refractivity contribution in [3.05, 3.63) is 93.8 Å². The Morgan fingerprint density at radius 3 is 2.69 bits per heavy atom. The van der Waals surface area contributed by atoms with Crippen LogP contribution in [0.25, 0.3) is 5.65 Å². The molecule has 0 atom stereocenters. The number of hydrogen-bond acceptors (Lipinski definition) is 6. The summed E-state index contributed by atoms with van der Waals surface area (Å²) in [5.41, 5.74) is 2.59. The van der Waals surface area contributed by atoms with Crippen molar-refractivity contribution in [2.75, 3.05) is 11.9 Å². The van der Waals surface area contributed by atoms with Crippen LogP contribution in [0.2, 0.25) is 0 Å². The van der Waals surface area contributed by atoms with E-state index in [-0.39, 0.29) is 24.5 Å². The Kier molecular flexibility index (Phi) is 5.80. The van der Waals surface area contributed by atoms with Crippen LogP contribution in [0, 0.1) is 6.92 Å². The minimum absolute atomic E-state index is 0.178. The Morgan fingerprint density at radius 2 is 1.94 bits per heavy atom. The Bertz CT molecular complexity index is 1370. The summed E-state index contributed by atoms with van der Waals surface area (Å²) >= 11 is 0. The van der Waals surface area contributed by atoms with E-state index >= 15 is 0 Å². The van der Waals surface area contributed by atoms with Crippen molar-refractivity contribution in [1.82, 2.24) is 19.2 Å². The van der Waals surface area contributed by atoms with Crippen molar-refractivity contribution in [3.8, 4) is 0 Å². The van der Waals surface area contributed by atoms with Crippen LogP contribution in [0.5, 0.6) is 0 Å². The van der Waals surface area contributed by atoms with Gasteiger partial charge in [0, 0.05) is 11.9 Å². The molecule has 32 heavy (non-hydrogen) atoms. The summed E-state index contributed by atoms with van der Waals surface area (Å²) in [5, 5.41) is 7.12. The monoisotopic (exact) mass is 431 g/mol. The summed E-state index contributed by atoms with van der Waals surface area (Å²) < 4.78 is 7.83. The molecule has 0 aliphatic carbocycles. The molecule has 162 valence electrons. The maximum atomic E-state index is 12.7. The number of benzene rings is 1. The van der Waals surface area contributed by atoms with E-state index < -0.39 is 11.9 Å². The molecule has 0 fully saturated rings. The zero-order valence-corrected chi connectivity index (χ0v) is 17.6. The molecule has 0 spiro atoms. The zero-order chi connectivity index (χ0) is 22.7. The highest BCUT2D eigenvalue weighted by atomic mass is 16.5. The highest BCUT2D eigenvalue weighted by Gasteiger charge is 2.15. The molecule has 0 saturated carbocycles. The third-order valence-electron chi connectivity index (χ3n) is 4.82. The number of esters is 1. The molecule has 3 aromatic heterocycles. The number of rotatable bonds is 6. The highest BCUT2D eigenvalue weighted by Crippen LogP contribution is 2.14.